The summed E-state index contributed by atoms with van der Waals surface area (Å²) in [6.07, 6.45) is 7.29. The van der Waals surface area contributed by atoms with E-state index in [1.54, 1.807) is 25.3 Å². The van der Waals surface area contributed by atoms with Crippen molar-refractivity contribution in [3.05, 3.63) is 36.2 Å². The zero-order chi connectivity index (χ0) is 9.52. The molecule has 1 aromatic heterocycles. The molecule has 1 rings (SSSR count). The molecule has 1 radical (unpaired) electrons. The molecule has 3 nitrogen and oxygen atoms in total. The number of pyridine rings is 1. The third kappa shape index (κ3) is 3.51. The van der Waals surface area contributed by atoms with Gasteiger partial charge in [-0.2, -0.15) is 0 Å². The van der Waals surface area contributed by atoms with E-state index in [4.69, 9.17) is 4.74 Å². The van der Waals surface area contributed by atoms with E-state index in [-0.39, 0.29) is 5.97 Å². The molecule has 0 aliphatic carbocycles. The van der Waals surface area contributed by atoms with Crippen LogP contribution in [0.4, 0.5) is 0 Å². The lowest BCUT2D eigenvalue weighted by molar-refractivity contribution is -0.137. The molecule has 0 spiro atoms. The maximum absolute atomic E-state index is 10.9. The van der Waals surface area contributed by atoms with E-state index in [0.717, 1.165) is 5.56 Å². The Morgan fingerprint density at radius 2 is 2.62 bits per heavy atom. The minimum Gasteiger partial charge on any atom is -0.463 e. The number of carbonyl (C=O) groups excluding carboxylic acids is 1. The van der Waals surface area contributed by atoms with E-state index in [1.807, 2.05) is 6.07 Å². The highest BCUT2D eigenvalue weighted by Gasteiger charge is 1.92. The van der Waals surface area contributed by atoms with Gasteiger partial charge in [0, 0.05) is 12.3 Å². The number of rotatable bonds is 3. The molecule has 0 unspecified atom stereocenters. The summed E-state index contributed by atoms with van der Waals surface area (Å²) in [4.78, 5) is 14.7. The predicted octanol–water partition coefficient (Wildman–Crippen LogP) is 1.46. The molecule has 0 saturated heterocycles. The van der Waals surface area contributed by atoms with Crippen LogP contribution >= 0.6 is 0 Å². The average molecular weight is 176 g/mol. The summed E-state index contributed by atoms with van der Waals surface area (Å²) in [6, 6.07) is 3.49. The molecule has 1 aromatic rings. The van der Waals surface area contributed by atoms with Crippen molar-refractivity contribution in [2.75, 3.05) is 6.61 Å². The lowest BCUT2D eigenvalue weighted by Crippen LogP contribution is -1.98. The average Bonchev–Trinajstić information content (AvgIpc) is 2.17. The number of carbonyl (C=O) groups is 1. The van der Waals surface area contributed by atoms with Crippen LogP contribution in [0, 0.1) is 6.20 Å². The van der Waals surface area contributed by atoms with Crippen molar-refractivity contribution in [3.63, 3.8) is 0 Å². The van der Waals surface area contributed by atoms with E-state index in [0.29, 0.717) is 6.61 Å². The number of esters is 1. The Morgan fingerprint density at radius 3 is 3.23 bits per heavy atom. The molecule has 0 bridgehead atoms. The van der Waals surface area contributed by atoms with Gasteiger partial charge >= 0.3 is 5.97 Å². The molecule has 0 aromatic carbocycles. The van der Waals surface area contributed by atoms with Gasteiger partial charge in [0.1, 0.15) is 0 Å². The minimum absolute atomic E-state index is 0.338. The van der Waals surface area contributed by atoms with Gasteiger partial charge in [-0.15, -0.1) is 0 Å². The summed E-state index contributed by atoms with van der Waals surface area (Å²) in [5, 5.41) is 0. The maximum Gasteiger partial charge on any atom is 0.330 e. The Labute approximate surface area is 77.1 Å². The lowest BCUT2D eigenvalue weighted by atomic mass is 10.2. The highest BCUT2D eigenvalue weighted by Crippen LogP contribution is 1.98. The van der Waals surface area contributed by atoms with Crippen molar-refractivity contribution >= 4 is 12.0 Å². The first-order valence-corrected chi connectivity index (χ1v) is 4.00. The van der Waals surface area contributed by atoms with Crippen LogP contribution in [0.1, 0.15) is 12.5 Å². The Morgan fingerprint density at radius 1 is 1.77 bits per heavy atom. The summed E-state index contributed by atoms with van der Waals surface area (Å²) < 4.78 is 4.71. The van der Waals surface area contributed by atoms with Crippen molar-refractivity contribution in [3.8, 4) is 0 Å². The molecule has 13 heavy (non-hydrogen) atoms. The first-order chi connectivity index (χ1) is 6.33. The van der Waals surface area contributed by atoms with Crippen LogP contribution in [0.2, 0.25) is 0 Å². The Kier molecular flexibility index (Phi) is 3.70. The normalized spacial score (nSPS) is 10.2. The molecule has 0 aliphatic heterocycles. The van der Waals surface area contributed by atoms with E-state index in [2.05, 4.69) is 11.2 Å². The van der Waals surface area contributed by atoms with Gasteiger partial charge in [0.25, 0.3) is 0 Å². The fourth-order valence-corrected chi connectivity index (χ4v) is 0.785. The van der Waals surface area contributed by atoms with Gasteiger partial charge in [0.05, 0.1) is 12.8 Å². The van der Waals surface area contributed by atoms with Crippen LogP contribution in [0.15, 0.2) is 24.4 Å². The molecule has 0 atom stereocenters. The van der Waals surface area contributed by atoms with E-state index in [9.17, 15) is 4.79 Å². The molecule has 0 aliphatic rings. The quantitative estimate of drug-likeness (QED) is 0.517. The molecule has 67 valence electrons. The number of hydrogen-bond donors (Lipinski definition) is 0. The van der Waals surface area contributed by atoms with Gasteiger partial charge < -0.3 is 4.74 Å². The second kappa shape index (κ2) is 5.09. The van der Waals surface area contributed by atoms with Gasteiger partial charge in [-0.3, -0.25) is 4.98 Å². The molecule has 0 amide bonds. The summed E-state index contributed by atoms with van der Waals surface area (Å²) in [6.45, 7) is 2.16. The molecular formula is C10H10NO2. The molecular weight excluding hydrogens is 166 g/mol. The van der Waals surface area contributed by atoms with E-state index < -0.39 is 0 Å². The first-order valence-electron chi connectivity index (χ1n) is 4.00. The fraction of sp³-hybridized carbons (Fsp3) is 0.200. The zero-order valence-corrected chi connectivity index (χ0v) is 7.36. The predicted molar refractivity (Wildman–Crippen MR) is 48.7 cm³/mol. The van der Waals surface area contributed by atoms with Gasteiger partial charge in [0.15, 0.2) is 0 Å². The van der Waals surface area contributed by atoms with Crippen molar-refractivity contribution < 1.29 is 9.53 Å². The number of ether oxygens (including phenoxy) is 1. The van der Waals surface area contributed by atoms with Crippen molar-refractivity contribution in [2.24, 2.45) is 0 Å². The van der Waals surface area contributed by atoms with Crippen LogP contribution in [0.5, 0.6) is 0 Å². The summed E-state index contributed by atoms with van der Waals surface area (Å²) in [7, 11) is 0. The Balaban J connectivity index is 2.54. The van der Waals surface area contributed by atoms with E-state index >= 15 is 0 Å². The number of nitrogens with zero attached hydrogens (tertiary/aromatic N) is 1. The zero-order valence-electron chi connectivity index (χ0n) is 7.36. The Bertz CT molecular complexity index is 293. The highest BCUT2D eigenvalue weighted by molar-refractivity contribution is 5.86. The van der Waals surface area contributed by atoms with Gasteiger partial charge in [-0.1, -0.05) is 6.07 Å². The number of hydrogen-bond acceptors (Lipinski definition) is 3. The van der Waals surface area contributed by atoms with Crippen molar-refractivity contribution in [1.29, 1.82) is 0 Å². The standard InChI is InChI=1S/C10H10NO2/c1-2-13-10(12)6-5-9-4-3-7-11-8-9/h3-6,8H,2H2,1H3. The van der Waals surface area contributed by atoms with Crippen LogP contribution in [-0.4, -0.2) is 17.6 Å². The largest absolute Gasteiger partial charge is 0.463 e. The third-order valence-electron chi connectivity index (χ3n) is 1.34. The second-order valence-electron chi connectivity index (χ2n) is 2.31. The van der Waals surface area contributed by atoms with Gasteiger partial charge in [0.2, 0.25) is 0 Å². The number of aromatic nitrogens is 1. The summed E-state index contributed by atoms with van der Waals surface area (Å²) >= 11 is 0. The first kappa shape index (κ1) is 9.45. The highest BCUT2D eigenvalue weighted by atomic mass is 16.5. The molecule has 1 heterocycles. The molecule has 0 N–H and O–H groups in total. The summed E-state index contributed by atoms with van der Waals surface area (Å²) in [5.41, 5.74) is 0.854. The van der Waals surface area contributed by atoms with E-state index in [1.165, 1.54) is 6.08 Å². The van der Waals surface area contributed by atoms with Gasteiger partial charge in [-0.05, 0) is 24.6 Å². The van der Waals surface area contributed by atoms with Crippen LogP contribution in [-0.2, 0) is 9.53 Å². The molecule has 0 fully saturated rings. The van der Waals surface area contributed by atoms with Crippen LogP contribution in [0.25, 0.3) is 6.08 Å². The Hall–Kier alpha value is -1.64. The molecule has 0 saturated carbocycles. The van der Waals surface area contributed by atoms with Gasteiger partial charge in [-0.25, -0.2) is 4.79 Å². The lowest BCUT2D eigenvalue weighted by Gasteiger charge is -1.94. The van der Waals surface area contributed by atoms with Crippen LogP contribution < -0.4 is 0 Å². The summed E-state index contributed by atoms with van der Waals surface area (Å²) in [5.74, 6) is -0.338. The van der Waals surface area contributed by atoms with Crippen LogP contribution in [0.3, 0.4) is 0 Å². The maximum atomic E-state index is 10.9. The smallest absolute Gasteiger partial charge is 0.330 e. The van der Waals surface area contributed by atoms with Crippen molar-refractivity contribution in [2.45, 2.75) is 6.92 Å². The monoisotopic (exact) mass is 176 g/mol. The fourth-order valence-electron chi connectivity index (χ4n) is 0.785. The second-order valence-corrected chi connectivity index (χ2v) is 2.31. The minimum atomic E-state index is -0.338. The SMILES string of the molecule is CCOC(=O)C=Cc1cc[c]nc1. The molecule has 3 heteroatoms. The topological polar surface area (TPSA) is 39.2 Å². The van der Waals surface area contributed by atoms with Crippen molar-refractivity contribution in [1.82, 2.24) is 4.98 Å². The third-order valence-corrected chi connectivity index (χ3v) is 1.34.